The molecular weight excluding hydrogens is 318 g/mol. The molecule has 3 rings (SSSR count). The minimum atomic E-state index is -0.685. The van der Waals surface area contributed by atoms with Crippen LogP contribution in [0.2, 0.25) is 0 Å². The van der Waals surface area contributed by atoms with E-state index in [1.807, 2.05) is 68.2 Å². The van der Waals surface area contributed by atoms with E-state index in [2.05, 4.69) is 11.6 Å². The monoisotopic (exact) mass is 340 g/mol. The lowest BCUT2D eigenvalue weighted by atomic mass is 9.95. The molecule has 0 saturated carbocycles. The molecule has 0 radical (unpaired) electrons. The van der Waals surface area contributed by atoms with Gasteiger partial charge in [0.05, 0.1) is 23.7 Å². The Morgan fingerprint density at radius 3 is 2.16 bits per heavy atom. The Morgan fingerprint density at radius 1 is 1.00 bits per heavy atom. The van der Waals surface area contributed by atoms with Crippen LogP contribution >= 0.6 is 0 Å². The van der Waals surface area contributed by atoms with Crippen LogP contribution in [0.4, 0.5) is 8.78 Å². The lowest BCUT2D eigenvalue weighted by Crippen LogP contribution is -2.24. The number of rotatable bonds is 3. The van der Waals surface area contributed by atoms with Crippen molar-refractivity contribution in [2.75, 3.05) is 6.54 Å². The van der Waals surface area contributed by atoms with E-state index in [9.17, 15) is 8.78 Å². The molecule has 0 N–H and O–H groups in total. The van der Waals surface area contributed by atoms with Crippen LogP contribution in [0.3, 0.4) is 0 Å². The number of aromatic nitrogens is 1. The van der Waals surface area contributed by atoms with E-state index in [1.165, 1.54) is 0 Å². The van der Waals surface area contributed by atoms with Crippen LogP contribution < -0.4 is 0 Å². The molecule has 0 fully saturated rings. The molecule has 0 atom stereocenters. The smallest absolute Gasteiger partial charge is 0.153 e. The summed E-state index contributed by atoms with van der Waals surface area (Å²) in [4.78, 5) is 5.38. The first-order chi connectivity index (χ1) is 12.1. The Kier molecular flexibility index (Phi) is 6.23. The Bertz CT molecular complexity index is 788. The first-order valence-electron chi connectivity index (χ1n) is 8.37. The molecule has 1 aromatic carbocycles. The van der Waals surface area contributed by atoms with Crippen molar-refractivity contribution < 1.29 is 8.78 Å². The lowest BCUT2D eigenvalue weighted by Gasteiger charge is -2.32. The highest BCUT2D eigenvalue weighted by atomic mass is 19.1. The van der Waals surface area contributed by atoms with Gasteiger partial charge in [0.25, 0.3) is 0 Å². The third-order valence-corrected chi connectivity index (χ3v) is 3.81. The highest BCUT2D eigenvalue weighted by molar-refractivity contribution is 5.97. The maximum Gasteiger partial charge on any atom is 0.153 e. The molecule has 1 aromatic heterocycles. The average Bonchev–Trinajstić information content (AvgIpc) is 2.64. The maximum absolute atomic E-state index is 14.3. The van der Waals surface area contributed by atoms with Gasteiger partial charge in [0.1, 0.15) is 0 Å². The molecule has 25 heavy (non-hydrogen) atoms. The van der Waals surface area contributed by atoms with Crippen molar-refractivity contribution in [3.63, 3.8) is 0 Å². The highest BCUT2D eigenvalue weighted by Gasteiger charge is 2.26. The normalized spacial score (nSPS) is 13.6. The number of hydrogen-bond acceptors (Lipinski definition) is 2. The summed E-state index contributed by atoms with van der Waals surface area (Å²) in [5.41, 5.74) is 2.73. The van der Waals surface area contributed by atoms with Gasteiger partial charge in [-0.3, -0.25) is 4.98 Å². The second-order valence-electron chi connectivity index (χ2n) is 5.18. The standard InChI is InChI=1S/C19H16F2N2.C2H6/c1-3-23-13(2)9-10-15(14-7-5-4-6-8-14)19(23)18-16(20)11-22-12-17(18)21;1-2/h4-12H,2-3H2,1H3;1-2H3. The first-order valence-corrected chi connectivity index (χ1v) is 8.37. The van der Waals surface area contributed by atoms with E-state index in [4.69, 9.17) is 0 Å². The molecule has 2 nitrogen and oxygen atoms in total. The van der Waals surface area contributed by atoms with Gasteiger partial charge in [-0.2, -0.15) is 0 Å². The van der Waals surface area contributed by atoms with Gasteiger partial charge in [0, 0.05) is 17.8 Å². The molecule has 2 aromatic rings. The van der Waals surface area contributed by atoms with Gasteiger partial charge < -0.3 is 4.90 Å². The van der Waals surface area contributed by atoms with E-state index in [0.717, 1.165) is 23.5 Å². The van der Waals surface area contributed by atoms with Crippen molar-refractivity contribution >= 4 is 11.3 Å². The second-order valence-corrected chi connectivity index (χ2v) is 5.18. The molecule has 0 amide bonds. The molecule has 0 bridgehead atoms. The fourth-order valence-electron chi connectivity index (χ4n) is 2.76. The van der Waals surface area contributed by atoms with Gasteiger partial charge in [-0.15, -0.1) is 0 Å². The fourth-order valence-corrected chi connectivity index (χ4v) is 2.76. The number of allylic oxidation sites excluding steroid dienone is 3. The van der Waals surface area contributed by atoms with Gasteiger partial charge >= 0.3 is 0 Å². The molecule has 1 aliphatic heterocycles. The number of pyridine rings is 1. The van der Waals surface area contributed by atoms with Crippen LogP contribution in [-0.2, 0) is 0 Å². The summed E-state index contributed by atoms with van der Waals surface area (Å²) >= 11 is 0. The minimum Gasteiger partial charge on any atom is -0.341 e. The van der Waals surface area contributed by atoms with E-state index < -0.39 is 11.6 Å². The van der Waals surface area contributed by atoms with Crippen LogP contribution in [0.5, 0.6) is 0 Å². The Morgan fingerprint density at radius 2 is 1.60 bits per heavy atom. The number of nitrogens with zero attached hydrogens (tertiary/aromatic N) is 2. The van der Waals surface area contributed by atoms with E-state index in [-0.39, 0.29) is 5.56 Å². The lowest BCUT2D eigenvalue weighted by molar-refractivity contribution is 0.508. The topological polar surface area (TPSA) is 16.1 Å². The van der Waals surface area contributed by atoms with Gasteiger partial charge in [-0.1, -0.05) is 56.8 Å². The van der Waals surface area contributed by atoms with Crippen LogP contribution in [0.15, 0.2) is 67.2 Å². The third kappa shape index (κ3) is 3.68. The number of halogens is 2. The predicted octanol–water partition coefficient (Wildman–Crippen LogP) is 5.66. The van der Waals surface area contributed by atoms with Crippen molar-refractivity contribution in [2.24, 2.45) is 0 Å². The number of benzene rings is 1. The van der Waals surface area contributed by atoms with Crippen LogP contribution in [-0.4, -0.2) is 16.4 Å². The van der Waals surface area contributed by atoms with Crippen molar-refractivity contribution in [1.82, 2.24) is 9.88 Å². The van der Waals surface area contributed by atoms with Gasteiger partial charge in [-0.05, 0) is 18.6 Å². The minimum absolute atomic E-state index is 0.0776. The van der Waals surface area contributed by atoms with Crippen molar-refractivity contribution in [1.29, 1.82) is 0 Å². The molecule has 2 heterocycles. The summed E-state index contributed by atoms with van der Waals surface area (Å²) in [5.74, 6) is -1.37. The Labute approximate surface area is 147 Å². The van der Waals surface area contributed by atoms with Gasteiger partial charge in [-0.25, -0.2) is 8.78 Å². The second kappa shape index (κ2) is 8.38. The zero-order valence-corrected chi connectivity index (χ0v) is 14.8. The largest absolute Gasteiger partial charge is 0.341 e. The predicted molar refractivity (Wildman–Crippen MR) is 99.4 cm³/mol. The molecule has 1 aliphatic rings. The van der Waals surface area contributed by atoms with Crippen molar-refractivity contribution in [2.45, 2.75) is 20.8 Å². The van der Waals surface area contributed by atoms with Crippen LogP contribution in [0.1, 0.15) is 31.9 Å². The summed E-state index contributed by atoms with van der Waals surface area (Å²) in [6.07, 6.45) is 5.76. The molecule has 0 saturated heterocycles. The number of hydrogen-bond donors (Lipinski definition) is 0. The first kappa shape index (κ1) is 18.6. The zero-order chi connectivity index (χ0) is 18.4. The van der Waals surface area contributed by atoms with Gasteiger partial charge in [0.2, 0.25) is 0 Å². The maximum atomic E-state index is 14.3. The number of likely N-dealkylation sites (N-methyl/N-ethyl adjacent to an activating group) is 1. The third-order valence-electron chi connectivity index (χ3n) is 3.81. The van der Waals surface area contributed by atoms with Crippen molar-refractivity contribution in [3.8, 4) is 0 Å². The summed E-state index contributed by atoms with van der Waals surface area (Å²) < 4.78 is 28.7. The molecule has 0 spiro atoms. The fraction of sp³-hybridized carbons (Fsp3) is 0.190. The van der Waals surface area contributed by atoms with Crippen LogP contribution in [0.25, 0.3) is 11.3 Å². The molecule has 130 valence electrons. The molecule has 0 unspecified atom stereocenters. The van der Waals surface area contributed by atoms with E-state index in [1.54, 1.807) is 0 Å². The summed E-state index contributed by atoms with van der Waals surface area (Å²) in [7, 11) is 0. The Hall–Kier alpha value is -2.75. The van der Waals surface area contributed by atoms with E-state index in [0.29, 0.717) is 17.9 Å². The highest BCUT2D eigenvalue weighted by Crippen LogP contribution is 2.37. The summed E-state index contributed by atoms with van der Waals surface area (Å²) in [5, 5.41) is 0. The van der Waals surface area contributed by atoms with Gasteiger partial charge in [0.15, 0.2) is 11.6 Å². The van der Waals surface area contributed by atoms with Crippen LogP contribution in [0, 0.1) is 11.6 Å². The summed E-state index contributed by atoms with van der Waals surface area (Å²) in [6.45, 7) is 10.4. The SMILES string of the molecule is C=C1C=CC(c2ccccc2)=C(c2c(F)cncc2F)N1CC.CC. The molecule has 0 aliphatic carbocycles. The van der Waals surface area contributed by atoms with Crippen molar-refractivity contribution in [3.05, 3.63) is 89.9 Å². The molecular formula is C21H22F2N2. The average molecular weight is 340 g/mol. The Balaban J connectivity index is 0.00000109. The quantitative estimate of drug-likeness (QED) is 0.717. The van der Waals surface area contributed by atoms with E-state index >= 15 is 0 Å². The zero-order valence-electron chi connectivity index (χ0n) is 14.8. The molecule has 4 heteroatoms. The summed E-state index contributed by atoms with van der Waals surface area (Å²) in [6, 6.07) is 9.52.